The van der Waals surface area contributed by atoms with E-state index in [2.05, 4.69) is 135 Å². The maximum atomic E-state index is 12.8. The van der Waals surface area contributed by atoms with Gasteiger partial charge in [0.25, 0.3) is 0 Å². The van der Waals surface area contributed by atoms with E-state index < -0.39 is 43.4 Å². The van der Waals surface area contributed by atoms with Gasteiger partial charge in [0, 0.05) is 13.0 Å². The predicted molar refractivity (Wildman–Crippen MR) is 265 cm³/mol. The van der Waals surface area contributed by atoms with E-state index in [4.69, 9.17) is 18.9 Å². The lowest BCUT2D eigenvalue weighted by atomic mass is 9.99. The monoisotopic (exact) mass is 893 g/mol. The van der Waals surface area contributed by atoms with Crippen LogP contribution in [-0.2, 0) is 23.7 Å². The van der Waals surface area contributed by atoms with E-state index >= 15 is 0 Å². The first-order valence-electron chi connectivity index (χ1n) is 24.6. The van der Waals surface area contributed by atoms with Crippen molar-refractivity contribution in [2.75, 3.05) is 26.4 Å². The third-order valence-electron chi connectivity index (χ3n) is 10.4. The van der Waals surface area contributed by atoms with Crippen molar-refractivity contribution in [3.8, 4) is 0 Å². The van der Waals surface area contributed by atoms with Crippen LogP contribution in [0.3, 0.4) is 0 Å². The number of unbranched alkanes of at least 4 members (excludes halogenated alkanes) is 9. The quantitative estimate of drug-likeness (QED) is 0.0269. The Morgan fingerprint density at radius 3 is 1.36 bits per heavy atom. The Bertz CT molecular complexity index is 1390. The fourth-order valence-electron chi connectivity index (χ4n) is 6.60. The first kappa shape index (κ1) is 58.6. The number of aliphatic hydroxyl groups excluding tert-OH is 4. The van der Waals surface area contributed by atoms with E-state index in [0.717, 1.165) is 109 Å². The number of hydrogen-bond donors (Lipinski definition) is 4. The minimum atomic E-state index is -1.55. The predicted octanol–water partition coefficient (Wildman–Crippen LogP) is 11.9. The average Bonchev–Trinajstić information content (AvgIpc) is 3.30. The van der Waals surface area contributed by atoms with Crippen LogP contribution >= 0.6 is 0 Å². The zero-order chi connectivity index (χ0) is 46.4. The van der Waals surface area contributed by atoms with Crippen molar-refractivity contribution in [1.29, 1.82) is 0 Å². The molecule has 1 heterocycles. The Hall–Kier alpha value is -3.41. The van der Waals surface area contributed by atoms with Gasteiger partial charge in [0.1, 0.15) is 30.5 Å². The first-order chi connectivity index (χ1) is 31.4. The van der Waals surface area contributed by atoms with Crippen molar-refractivity contribution in [1.82, 2.24) is 0 Å². The minimum absolute atomic E-state index is 0.113. The molecule has 64 heavy (non-hydrogen) atoms. The van der Waals surface area contributed by atoms with E-state index in [1.54, 1.807) is 0 Å². The molecule has 362 valence electrons. The van der Waals surface area contributed by atoms with Crippen LogP contribution in [-0.4, -0.2) is 89.6 Å². The smallest absolute Gasteiger partial charge is 0.306 e. The topological polar surface area (TPSA) is 135 Å². The summed E-state index contributed by atoms with van der Waals surface area (Å²) in [5.74, 6) is -0.356. The van der Waals surface area contributed by atoms with Gasteiger partial charge in [0.2, 0.25) is 0 Å². The molecule has 0 aromatic rings. The molecule has 0 saturated carbocycles. The Balaban J connectivity index is 2.28. The maximum absolute atomic E-state index is 12.8. The first-order valence-corrected chi connectivity index (χ1v) is 24.6. The zero-order valence-corrected chi connectivity index (χ0v) is 39.7. The van der Waals surface area contributed by atoms with Gasteiger partial charge < -0.3 is 39.4 Å². The Morgan fingerprint density at radius 1 is 0.500 bits per heavy atom. The van der Waals surface area contributed by atoms with Gasteiger partial charge in [-0.3, -0.25) is 4.79 Å². The third kappa shape index (κ3) is 34.9. The van der Waals surface area contributed by atoms with Gasteiger partial charge in [-0.05, 0) is 103 Å². The molecule has 1 aliphatic heterocycles. The highest BCUT2D eigenvalue weighted by Crippen LogP contribution is 2.22. The lowest BCUT2D eigenvalue weighted by Crippen LogP contribution is -2.59. The van der Waals surface area contributed by atoms with Crippen LogP contribution < -0.4 is 0 Å². The molecule has 1 aliphatic rings. The summed E-state index contributed by atoms with van der Waals surface area (Å²) in [5, 5.41) is 40.2. The second kappa shape index (κ2) is 44.8. The molecule has 0 radical (unpaired) electrons. The molecule has 0 aliphatic carbocycles. The summed E-state index contributed by atoms with van der Waals surface area (Å²) in [7, 11) is 0. The lowest BCUT2D eigenvalue weighted by molar-refractivity contribution is -0.305. The van der Waals surface area contributed by atoms with Crippen LogP contribution in [0.15, 0.2) is 122 Å². The number of carbonyl (C=O) groups is 1. The van der Waals surface area contributed by atoms with Crippen molar-refractivity contribution in [3.63, 3.8) is 0 Å². The SMILES string of the molecule is CC/C=C\C/C=C\C/C=C\C/C=C\C/C=C\C/C=C\C/C=C\CCCCCC(=O)OC(COCCCCCCCC/C=C\C/C=C\C/C=C\CC)COC1OC(CO)C(O)C(O)C1O. The summed E-state index contributed by atoms with van der Waals surface area (Å²) in [5.41, 5.74) is 0. The Labute approximate surface area is 388 Å². The number of ether oxygens (including phenoxy) is 4. The van der Waals surface area contributed by atoms with Crippen LogP contribution in [0.2, 0.25) is 0 Å². The van der Waals surface area contributed by atoms with Gasteiger partial charge in [-0.15, -0.1) is 0 Å². The van der Waals surface area contributed by atoms with Crippen molar-refractivity contribution < 1.29 is 44.2 Å². The van der Waals surface area contributed by atoms with Crippen molar-refractivity contribution >= 4 is 5.97 Å². The molecule has 1 rings (SSSR count). The molecule has 6 atom stereocenters. The summed E-state index contributed by atoms with van der Waals surface area (Å²) in [6.45, 7) is 4.23. The minimum Gasteiger partial charge on any atom is -0.457 e. The molecule has 9 nitrogen and oxygen atoms in total. The van der Waals surface area contributed by atoms with Crippen LogP contribution in [0.5, 0.6) is 0 Å². The molecule has 0 bridgehead atoms. The van der Waals surface area contributed by atoms with Crippen molar-refractivity contribution in [3.05, 3.63) is 122 Å². The second-order valence-corrected chi connectivity index (χ2v) is 16.1. The summed E-state index contributed by atoms with van der Waals surface area (Å²) in [6, 6.07) is 0. The molecule has 1 saturated heterocycles. The average molecular weight is 893 g/mol. The van der Waals surface area contributed by atoms with Gasteiger partial charge in [0.05, 0.1) is 19.8 Å². The van der Waals surface area contributed by atoms with Crippen LogP contribution in [0, 0.1) is 0 Å². The number of carbonyl (C=O) groups excluding carboxylic acids is 1. The van der Waals surface area contributed by atoms with Crippen LogP contribution in [0.1, 0.15) is 155 Å². The maximum Gasteiger partial charge on any atom is 0.306 e. The van der Waals surface area contributed by atoms with E-state index in [1.807, 2.05) is 0 Å². The standard InChI is InChI=1S/C55H88O9/c1-3-5-7-9-11-13-15-17-19-21-22-23-24-25-26-27-28-29-30-32-34-36-38-40-42-44-51(57)63-49(48-62-55-54(60)53(59)52(58)50(46-56)64-55)47-61-45-43-41-39-37-35-33-31-20-18-16-14-12-10-8-6-4-2/h5-8,11-14,17-20,22-23,25-26,28-29,32,34,49-50,52-56,58-60H,3-4,9-10,15-16,21,24,27,30-31,33,35-48H2,1-2H3/b7-5-,8-6-,13-11-,14-12-,19-17-,20-18-,23-22-,26-25-,29-28-,34-32-. The second-order valence-electron chi connectivity index (χ2n) is 16.1. The van der Waals surface area contributed by atoms with Crippen LogP contribution in [0.25, 0.3) is 0 Å². The van der Waals surface area contributed by atoms with Gasteiger partial charge in [-0.25, -0.2) is 0 Å². The molecule has 4 N–H and O–H groups in total. The highest BCUT2D eigenvalue weighted by Gasteiger charge is 2.44. The number of esters is 1. The lowest BCUT2D eigenvalue weighted by Gasteiger charge is -2.39. The summed E-state index contributed by atoms with van der Waals surface area (Å²) >= 11 is 0. The highest BCUT2D eigenvalue weighted by atomic mass is 16.7. The normalized spacial score (nSPS) is 20.6. The third-order valence-corrected chi connectivity index (χ3v) is 10.4. The number of rotatable bonds is 40. The summed E-state index contributed by atoms with van der Waals surface area (Å²) < 4.78 is 22.8. The van der Waals surface area contributed by atoms with E-state index in [0.29, 0.717) is 13.0 Å². The van der Waals surface area contributed by atoms with Gasteiger partial charge in [-0.2, -0.15) is 0 Å². The molecule has 9 heteroatoms. The number of aliphatic hydroxyl groups is 4. The van der Waals surface area contributed by atoms with Crippen LogP contribution in [0.4, 0.5) is 0 Å². The molecular weight excluding hydrogens is 805 g/mol. The molecule has 0 amide bonds. The van der Waals surface area contributed by atoms with Gasteiger partial charge in [0.15, 0.2) is 6.29 Å². The summed E-state index contributed by atoms with van der Waals surface area (Å²) in [4.78, 5) is 12.8. The fourth-order valence-corrected chi connectivity index (χ4v) is 6.60. The molecule has 6 unspecified atom stereocenters. The van der Waals surface area contributed by atoms with Gasteiger partial charge >= 0.3 is 5.97 Å². The molecular formula is C55H88O9. The molecule has 1 fully saturated rings. The largest absolute Gasteiger partial charge is 0.457 e. The van der Waals surface area contributed by atoms with Crippen molar-refractivity contribution in [2.45, 2.75) is 192 Å². The molecule has 0 aromatic heterocycles. The summed E-state index contributed by atoms with van der Waals surface area (Å²) in [6.07, 6.45) is 58.0. The molecule has 0 aromatic carbocycles. The van der Waals surface area contributed by atoms with E-state index in [-0.39, 0.29) is 25.6 Å². The number of allylic oxidation sites excluding steroid dienone is 20. The van der Waals surface area contributed by atoms with Crippen molar-refractivity contribution in [2.24, 2.45) is 0 Å². The van der Waals surface area contributed by atoms with Gasteiger partial charge in [-0.1, -0.05) is 167 Å². The highest BCUT2D eigenvalue weighted by molar-refractivity contribution is 5.69. The van der Waals surface area contributed by atoms with E-state index in [1.165, 1.54) is 19.3 Å². The number of hydrogen-bond acceptors (Lipinski definition) is 9. The molecule has 0 spiro atoms. The van der Waals surface area contributed by atoms with E-state index in [9.17, 15) is 25.2 Å². The fraction of sp³-hybridized carbons (Fsp3) is 0.618. The Kier molecular flexibility index (Phi) is 41.0. The zero-order valence-electron chi connectivity index (χ0n) is 39.7. The Morgan fingerprint density at radius 2 is 0.906 bits per heavy atom.